The van der Waals surface area contributed by atoms with Gasteiger partial charge in [-0.2, -0.15) is 0 Å². The number of hydrogen-bond acceptors (Lipinski definition) is 3. The third-order valence-corrected chi connectivity index (χ3v) is 1.76. The highest BCUT2D eigenvalue weighted by atomic mass is 35.5. The van der Waals surface area contributed by atoms with Crippen LogP contribution in [-0.4, -0.2) is 9.97 Å². The zero-order valence-electron chi connectivity index (χ0n) is 7.22. The van der Waals surface area contributed by atoms with Crippen LogP contribution in [-0.2, 0) is 0 Å². The number of halogens is 1. The van der Waals surface area contributed by atoms with Crippen LogP contribution in [0.1, 0.15) is 0 Å². The monoisotopic (exact) mass is 206 g/mol. The highest BCUT2D eigenvalue weighted by molar-refractivity contribution is 6.29. The van der Waals surface area contributed by atoms with E-state index in [2.05, 4.69) is 9.97 Å². The first-order chi connectivity index (χ1) is 6.84. The molecule has 0 aliphatic carbocycles. The van der Waals surface area contributed by atoms with E-state index in [1.165, 1.54) is 0 Å². The van der Waals surface area contributed by atoms with Crippen molar-refractivity contribution in [1.29, 1.82) is 0 Å². The number of pyridine rings is 2. The van der Waals surface area contributed by atoms with Gasteiger partial charge in [-0.25, -0.2) is 4.98 Å². The number of hydrogen-bond donors (Lipinski definition) is 0. The predicted molar refractivity (Wildman–Crippen MR) is 53.6 cm³/mol. The van der Waals surface area contributed by atoms with Crippen molar-refractivity contribution in [3.05, 3.63) is 47.9 Å². The second-order valence-electron chi connectivity index (χ2n) is 2.59. The first kappa shape index (κ1) is 8.97. The lowest BCUT2D eigenvalue weighted by Crippen LogP contribution is -1.87. The molecule has 0 aliphatic heterocycles. The van der Waals surface area contributed by atoms with E-state index in [1.807, 2.05) is 0 Å². The van der Waals surface area contributed by atoms with Gasteiger partial charge in [-0.05, 0) is 18.2 Å². The summed E-state index contributed by atoms with van der Waals surface area (Å²) in [6, 6.07) is 8.80. The average molecular weight is 207 g/mol. The molecule has 3 nitrogen and oxygen atoms in total. The van der Waals surface area contributed by atoms with Crippen molar-refractivity contribution in [3.63, 3.8) is 0 Å². The maximum absolute atomic E-state index is 5.70. The van der Waals surface area contributed by atoms with Crippen LogP contribution in [0.2, 0.25) is 5.15 Å². The summed E-state index contributed by atoms with van der Waals surface area (Å²) in [5.41, 5.74) is 0. The minimum Gasteiger partial charge on any atom is -0.437 e. The summed E-state index contributed by atoms with van der Waals surface area (Å²) in [5.74, 6) is 1.10. The van der Waals surface area contributed by atoms with Crippen molar-refractivity contribution in [2.75, 3.05) is 0 Å². The molecule has 14 heavy (non-hydrogen) atoms. The lowest BCUT2D eigenvalue weighted by molar-refractivity contribution is 0.461. The zero-order chi connectivity index (χ0) is 9.80. The molecule has 0 atom stereocenters. The normalized spacial score (nSPS) is 9.79. The predicted octanol–water partition coefficient (Wildman–Crippen LogP) is 2.92. The third-order valence-electron chi connectivity index (χ3n) is 1.55. The van der Waals surface area contributed by atoms with Crippen molar-refractivity contribution in [3.8, 4) is 11.6 Å². The summed E-state index contributed by atoms with van der Waals surface area (Å²) in [7, 11) is 0. The van der Waals surface area contributed by atoms with Crippen LogP contribution in [0, 0.1) is 0 Å². The van der Waals surface area contributed by atoms with Gasteiger partial charge < -0.3 is 4.74 Å². The molecular weight excluding hydrogens is 200 g/mol. The molecule has 2 aromatic rings. The highest BCUT2D eigenvalue weighted by Gasteiger charge is 1.98. The molecule has 2 aromatic heterocycles. The highest BCUT2D eigenvalue weighted by Crippen LogP contribution is 2.18. The fourth-order valence-corrected chi connectivity index (χ4v) is 1.13. The fraction of sp³-hybridized carbons (Fsp3) is 0. The zero-order valence-corrected chi connectivity index (χ0v) is 7.98. The number of ether oxygens (including phenoxy) is 1. The summed E-state index contributed by atoms with van der Waals surface area (Å²) in [4.78, 5) is 7.90. The second kappa shape index (κ2) is 4.07. The van der Waals surface area contributed by atoms with Gasteiger partial charge in [0.1, 0.15) is 10.9 Å². The van der Waals surface area contributed by atoms with Crippen LogP contribution in [0.15, 0.2) is 42.7 Å². The van der Waals surface area contributed by atoms with E-state index < -0.39 is 0 Å². The number of nitrogens with zero attached hydrogens (tertiary/aromatic N) is 2. The Morgan fingerprint density at radius 3 is 2.79 bits per heavy atom. The van der Waals surface area contributed by atoms with Gasteiger partial charge in [0.25, 0.3) is 0 Å². The molecule has 0 N–H and O–H groups in total. The first-order valence-corrected chi connectivity index (χ1v) is 4.43. The molecule has 0 spiro atoms. The Kier molecular flexibility index (Phi) is 2.60. The molecule has 0 aromatic carbocycles. The smallest absolute Gasteiger partial charge is 0.220 e. The summed E-state index contributed by atoms with van der Waals surface area (Å²) < 4.78 is 5.40. The van der Waals surface area contributed by atoms with Crippen LogP contribution in [0.25, 0.3) is 0 Å². The van der Waals surface area contributed by atoms with Gasteiger partial charge in [0.15, 0.2) is 0 Å². The van der Waals surface area contributed by atoms with Crippen molar-refractivity contribution < 1.29 is 4.74 Å². The van der Waals surface area contributed by atoms with Gasteiger partial charge in [-0.3, -0.25) is 4.98 Å². The molecule has 2 rings (SSSR count). The Labute approximate surface area is 86.3 Å². The minimum atomic E-state index is 0.409. The van der Waals surface area contributed by atoms with Gasteiger partial charge in [0.2, 0.25) is 5.88 Å². The molecule has 70 valence electrons. The quantitative estimate of drug-likeness (QED) is 0.709. The Morgan fingerprint density at radius 1 is 1.14 bits per heavy atom. The maximum Gasteiger partial charge on any atom is 0.220 e. The average Bonchev–Trinajstić information content (AvgIpc) is 2.19. The summed E-state index contributed by atoms with van der Waals surface area (Å²) in [6.07, 6.45) is 3.29. The van der Waals surface area contributed by atoms with Gasteiger partial charge in [0.05, 0.1) is 6.20 Å². The summed E-state index contributed by atoms with van der Waals surface area (Å²) in [5, 5.41) is 0.409. The van der Waals surface area contributed by atoms with E-state index in [4.69, 9.17) is 16.3 Å². The molecule has 4 heteroatoms. The Bertz CT molecular complexity index is 419. The van der Waals surface area contributed by atoms with E-state index in [0.29, 0.717) is 16.8 Å². The maximum atomic E-state index is 5.70. The van der Waals surface area contributed by atoms with Crippen molar-refractivity contribution in [2.24, 2.45) is 0 Å². The number of aromatic nitrogens is 2. The van der Waals surface area contributed by atoms with E-state index in [1.54, 1.807) is 42.7 Å². The first-order valence-electron chi connectivity index (χ1n) is 4.05. The second-order valence-corrected chi connectivity index (χ2v) is 2.98. The van der Waals surface area contributed by atoms with Crippen molar-refractivity contribution >= 4 is 11.6 Å². The van der Waals surface area contributed by atoms with Crippen molar-refractivity contribution in [1.82, 2.24) is 9.97 Å². The molecule has 0 saturated carbocycles. The molecule has 2 heterocycles. The van der Waals surface area contributed by atoms with E-state index in [0.717, 1.165) is 0 Å². The van der Waals surface area contributed by atoms with Crippen LogP contribution in [0.5, 0.6) is 11.6 Å². The Morgan fingerprint density at radius 2 is 2.07 bits per heavy atom. The van der Waals surface area contributed by atoms with Crippen LogP contribution >= 0.6 is 11.6 Å². The topological polar surface area (TPSA) is 35.0 Å². The Balaban J connectivity index is 2.19. The Hall–Kier alpha value is -1.61. The number of rotatable bonds is 2. The fourth-order valence-electron chi connectivity index (χ4n) is 0.975. The van der Waals surface area contributed by atoms with Gasteiger partial charge in [-0.15, -0.1) is 0 Å². The summed E-state index contributed by atoms with van der Waals surface area (Å²) in [6.45, 7) is 0. The molecule has 0 fully saturated rings. The minimum absolute atomic E-state index is 0.409. The van der Waals surface area contributed by atoms with Gasteiger partial charge >= 0.3 is 0 Å². The van der Waals surface area contributed by atoms with Crippen LogP contribution < -0.4 is 4.74 Å². The van der Waals surface area contributed by atoms with Crippen LogP contribution in [0.4, 0.5) is 0 Å². The lowest BCUT2D eigenvalue weighted by atomic mass is 10.4. The molecule has 0 unspecified atom stereocenters. The van der Waals surface area contributed by atoms with Gasteiger partial charge in [-0.1, -0.05) is 17.7 Å². The SMILES string of the molecule is Clc1cccc(Oc2cccnc2)n1. The molecule has 0 bridgehead atoms. The van der Waals surface area contributed by atoms with Crippen molar-refractivity contribution in [2.45, 2.75) is 0 Å². The largest absolute Gasteiger partial charge is 0.437 e. The molecule has 0 aliphatic rings. The van der Waals surface area contributed by atoms with Gasteiger partial charge in [0, 0.05) is 12.3 Å². The standard InChI is InChI=1S/C10H7ClN2O/c11-9-4-1-5-10(13-9)14-8-3-2-6-12-7-8/h1-7H. The van der Waals surface area contributed by atoms with E-state index >= 15 is 0 Å². The molecule has 0 radical (unpaired) electrons. The third kappa shape index (κ3) is 2.20. The summed E-state index contributed by atoms with van der Waals surface area (Å²) >= 11 is 5.70. The molecule has 0 amide bonds. The van der Waals surface area contributed by atoms with E-state index in [-0.39, 0.29) is 0 Å². The molecular formula is C10H7ClN2O. The van der Waals surface area contributed by atoms with E-state index in [9.17, 15) is 0 Å². The lowest BCUT2D eigenvalue weighted by Gasteiger charge is -2.02. The van der Waals surface area contributed by atoms with Crippen LogP contribution in [0.3, 0.4) is 0 Å². The molecule has 0 saturated heterocycles.